The van der Waals surface area contributed by atoms with Gasteiger partial charge in [-0.05, 0) is 12.1 Å². The summed E-state index contributed by atoms with van der Waals surface area (Å²) < 4.78 is 21.5. The minimum Gasteiger partial charge on any atom is -0.462 e. The van der Waals surface area contributed by atoms with E-state index in [-0.39, 0.29) is 11.4 Å². The van der Waals surface area contributed by atoms with Gasteiger partial charge in [0.2, 0.25) is 6.29 Å². The van der Waals surface area contributed by atoms with Crippen molar-refractivity contribution >= 4 is 5.69 Å². The molecule has 2 aliphatic rings. The van der Waals surface area contributed by atoms with Crippen LogP contribution in [0.5, 0.6) is 5.75 Å². The van der Waals surface area contributed by atoms with Crippen LogP contribution in [0.15, 0.2) is 24.3 Å². The van der Waals surface area contributed by atoms with Gasteiger partial charge >= 0.3 is 0 Å². The number of nitro groups is 1. The van der Waals surface area contributed by atoms with Gasteiger partial charge < -0.3 is 54.7 Å². The van der Waals surface area contributed by atoms with Crippen molar-refractivity contribution in [2.24, 2.45) is 0 Å². The molecule has 1 aromatic carbocycles. The summed E-state index contributed by atoms with van der Waals surface area (Å²) in [6.45, 7) is -1.42. The van der Waals surface area contributed by atoms with E-state index in [0.29, 0.717) is 0 Å². The van der Waals surface area contributed by atoms with Crippen LogP contribution in [0.4, 0.5) is 5.69 Å². The third kappa shape index (κ3) is 4.99. The van der Waals surface area contributed by atoms with Crippen molar-refractivity contribution in [3.05, 3.63) is 34.4 Å². The third-order valence-corrected chi connectivity index (χ3v) is 5.26. The van der Waals surface area contributed by atoms with E-state index in [9.17, 15) is 45.9 Å². The lowest BCUT2D eigenvalue weighted by molar-refractivity contribution is -0.384. The minimum atomic E-state index is -1.77. The Morgan fingerprint density at radius 1 is 0.812 bits per heavy atom. The Hall–Kier alpha value is -1.98. The number of aliphatic hydroxyl groups is 7. The Morgan fingerprint density at radius 3 is 1.94 bits per heavy atom. The molecule has 7 N–H and O–H groups in total. The van der Waals surface area contributed by atoms with Gasteiger partial charge in [0.25, 0.3) is 5.69 Å². The first-order chi connectivity index (χ1) is 15.2. The topological polar surface area (TPSA) is 222 Å². The predicted octanol–water partition coefficient (Wildman–Crippen LogP) is -3.40. The lowest BCUT2D eigenvalue weighted by Gasteiger charge is -2.45. The molecular formula is C18H25NO13. The van der Waals surface area contributed by atoms with E-state index in [1.54, 1.807) is 0 Å². The average Bonchev–Trinajstić information content (AvgIpc) is 2.79. The largest absolute Gasteiger partial charge is 0.462 e. The van der Waals surface area contributed by atoms with Crippen LogP contribution in [0.1, 0.15) is 0 Å². The summed E-state index contributed by atoms with van der Waals surface area (Å²) >= 11 is 0. The van der Waals surface area contributed by atoms with Gasteiger partial charge in [-0.15, -0.1) is 0 Å². The van der Waals surface area contributed by atoms with E-state index < -0.39 is 79.5 Å². The number of hydrogen-bond acceptors (Lipinski definition) is 13. The van der Waals surface area contributed by atoms with Gasteiger partial charge in [-0.2, -0.15) is 0 Å². The molecule has 2 aliphatic heterocycles. The maximum absolute atomic E-state index is 10.7. The molecule has 0 radical (unpaired) electrons. The fraction of sp³-hybridized carbons (Fsp3) is 0.667. The van der Waals surface area contributed by atoms with Crippen molar-refractivity contribution in [1.29, 1.82) is 0 Å². The number of rotatable bonds is 7. The molecule has 3 rings (SSSR count). The van der Waals surface area contributed by atoms with Crippen molar-refractivity contribution < 1.29 is 59.6 Å². The Labute approximate surface area is 180 Å². The molecule has 32 heavy (non-hydrogen) atoms. The molecule has 0 aromatic heterocycles. The predicted molar refractivity (Wildman–Crippen MR) is 100 cm³/mol. The quantitative estimate of drug-likeness (QED) is 0.155. The molecule has 0 bridgehead atoms. The summed E-state index contributed by atoms with van der Waals surface area (Å²) in [5.41, 5.74) is -0.191. The van der Waals surface area contributed by atoms with Crippen molar-refractivity contribution in [2.45, 2.75) is 61.4 Å². The SMILES string of the molecule is O=[N+]([O-])c1ccc(OC2OC(CO)C(OC3OC(CO)C(O)C(O)C3O)C(O)C2O)cc1. The van der Waals surface area contributed by atoms with Crippen LogP contribution in [0.3, 0.4) is 0 Å². The van der Waals surface area contributed by atoms with Crippen molar-refractivity contribution in [2.75, 3.05) is 13.2 Å². The zero-order valence-electron chi connectivity index (χ0n) is 16.5. The molecule has 180 valence electrons. The molecule has 2 fully saturated rings. The lowest BCUT2D eigenvalue weighted by Crippen LogP contribution is -2.65. The van der Waals surface area contributed by atoms with Gasteiger partial charge in [0.15, 0.2) is 6.29 Å². The summed E-state index contributed by atoms with van der Waals surface area (Å²) in [7, 11) is 0. The normalized spacial score (nSPS) is 40.1. The maximum atomic E-state index is 10.7. The number of hydrogen-bond donors (Lipinski definition) is 7. The van der Waals surface area contributed by atoms with E-state index in [0.717, 1.165) is 12.1 Å². The molecule has 0 saturated carbocycles. The first kappa shape index (κ1) is 24.7. The van der Waals surface area contributed by atoms with Crippen LogP contribution >= 0.6 is 0 Å². The molecule has 14 nitrogen and oxygen atoms in total. The van der Waals surface area contributed by atoms with Gasteiger partial charge in [-0.1, -0.05) is 0 Å². The van der Waals surface area contributed by atoms with Crippen LogP contribution in [0.2, 0.25) is 0 Å². The molecule has 14 heteroatoms. The number of non-ortho nitro benzene ring substituents is 1. The first-order valence-corrected chi connectivity index (χ1v) is 9.67. The first-order valence-electron chi connectivity index (χ1n) is 9.67. The Kier molecular flexibility index (Phi) is 7.94. The molecule has 2 saturated heterocycles. The highest BCUT2D eigenvalue weighted by molar-refractivity contribution is 5.36. The fourth-order valence-electron chi connectivity index (χ4n) is 3.43. The number of nitrogens with zero attached hydrogens (tertiary/aromatic N) is 1. The van der Waals surface area contributed by atoms with Gasteiger partial charge in [0.1, 0.15) is 54.6 Å². The average molecular weight is 463 g/mol. The highest BCUT2D eigenvalue weighted by atomic mass is 16.7. The lowest BCUT2D eigenvalue weighted by atomic mass is 9.97. The smallest absolute Gasteiger partial charge is 0.269 e. The fourth-order valence-corrected chi connectivity index (χ4v) is 3.43. The number of ether oxygens (including phenoxy) is 4. The molecule has 1 aromatic rings. The highest BCUT2D eigenvalue weighted by Gasteiger charge is 2.51. The van der Waals surface area contributed by atoms with Crippen LogP contribution in [-0.4, -0.2) is 115 Å². The zero-order valence-corrected chi connectivity index (χ0v) is 16.5. The second-order valence-corrected chi connectivity index (χ2v) is 7.37. The number of benzene rings is 1. The van der Waals surface area contributed by atoms with Crippen LogP contribution in [-0.2, 0) is 14.2 Å². The number of nitro benzene ring substituents is 1. The van der Waals surface area contributed by atoms with Gasteiger partial charge in [0.05, 0.1) is 18.1 Å². The van der Waals surface area contributed by atoms with E-state index >= 15 is 0 Å². The molecule has 0 amide bonds. The van der Waals surface area contributed by atoms with Crippen molar-refractivity contribution in [1.82, 2.24) is 0 Å². The Morgan fingerprint density at radius 2 is 1.38 bits per heavy atom. The van der Waals surface area contributed by atoms with Crippen molar-refractivity contribution in [3.8, 4) is 5.75 Å². The van der Waals surface area contributed by atoms with Crippen molar-refractivity contribution in [3.63, 3.8) is 0 Å². The summed E-state index contributed by atoms with van der Waals surface area (Å²) in [5, 5.41) is 80.4. The summed E-state index contributed by atoms with van der Waals surface area (Å²) in [4.78, 5) is 10.1. The van der Waals surface area contributed by atoms with Crippen LogP contribution in [0, 0.1) is 10.1 Å². The molecule has 0 spiro atoms. The summed E-state index contributed by atoms with van der Waals surface area (Å²) in [6, 6.07) is 4.83. The van der Waals surface area contributed by atoms with E-state index in [1.165, 1.54) is 12.1 Å². The Balaban J connectivity index is 1.70. The highest BCUT2D eigenvalue weighted by Crippen LogP contribution is 2.30. The zero-order chi connectivity index (χ0) is 23.6. The molecule has 10 unspecified atom stereocenters. The number of aliphatic hydroxyl groups excluding tert-OH is 7. The monoisotopic (exact) mass is 463 g/mol. The van der Waals surface area contributed by atoms with Gasteiger partial charge in [-0.3, -0.25) is 10.1 Å². The molecular weight excluding hydrogens is 438 g/mol. The maximum Gasteiger partial charge on any atom is 0.269 e. The summed E-state index contributed by atoms with van der Waals surface area (Å²) in [5.74, 6) is 0.0804. The van der Waals surface area contributed by atoms with Gasteiger partial charge in [-0.25, -0.2) is 0 Å². The van der Waals surface area contributed by atoms with Crippen LogP contribution < -0.4 is 4.74 Å². The van der Waals surface area contributed by atoms with Crippen LogP contribution in [0.25, 0.3) is 0 Å². The second kappa shape index (κ2) is 10.3. The van der Waals surface area contributed by atoms with E-state index in [2.05, 4.69) is 0 Å². The molecule has 10 atom stereocenters. The minimum absolute atomic E-state index is 0.0804. The standard InChI is InChI=1S/C18H25NO13/c20-5-9-11(22)12(23)14(25)18(30-9)32-16-10(6-21)31-17(15(26)13(16)24)29-8-3-1-7(2-4-8)19(27)28/h1-4,9-18,20-26H,5-6H2. The molecule has 0 aliphatic carbocycles. The Bertz CT molecular complexity index is 760. The summed E-state index contributed by atoms with van der Waals surface area (Å²) in [6.07, 6.45) is -15.7. The third-order valence-electron chi connectivity index (χ3n) is 5.26. The van der Waals surface area contributed by atoms with E-state index in [4.69, 9.17) is 18.9 Å². The van der Waals surface area contributed by atoms with E-state index in [1.807, 2.05) is 0 Å². The van der Waals surface area contributed by atoms with Gasteiger partial charge in [0, 0.05) is 12.1 Å². The molecule has 2 heterocycles. The second-order valence-electron chi connectivity index (χ2n) is 7.37.